The molecule has 0 radical (unpaired) electrons. The standard InChI is InChI=1S/C17H31N/c1-7-9-11-18(14(3)4)16-12-15(10-8-2)13-17(16,5)6/h9,11,15-16H,3,7-8,10,12-13H2,1-2,4-6H3/b11-9-/t15-,16+/m0/s1. The van der Waals surface area contributed by atoms with Gasteiger partial charge in [-0.2, -0.15) is 0 Å². The molecule has 0 spiro atoms. The Hall–Kier alpha value is -0.720. The Balaban J connectivity index is 2.83. The van der Waals surface area contributed by atoms with Crippen molar-refractivity contribution in [1.29, 1.82) is 0 Å². The minimum atomic E-state index is 0.400. The van der Waals surface area contributed by atoms with Crippen molar-refractivity contribution in [2.24, 2.45) is 11.3 Å². The molecule has 0 unspecified atom stereocenters. The molecule has 1 rings (SSSR count). The van der Waals surface area contributed by atoms with Crippen LogP contribution in [0, 0.1) is 11.3 Å². The highest BCUT2D eigenvalue weighted by molar-refractivity contribution is 5.07. The van der Waals surface area contributed by atoms with Crippen LogP contribution in [0.2, 0.25) is 0 Å². The van der Waals surface area contributed by atoms with Crippen LogP contribution in [0.5, 0.6) is 0 Å². The molecule has 0 aromatic rings. The van der Waals surface area contributed by atoms with Crippen molar-refractivity contribution in [1.82, 2.24) is 4.90 Å². The predicted octanol–water partition coefficient (Wildman–Crippen LogP) is 5.35. The van der Waals surface area contributed by atoms with Crippen LogP contribution in [-0.2, 0) is 0 Å². The highest BCUT2D eigenvalue weighted by Gasteiger charge is 2.42. The Morgan fingerprint density at radius 3 is 2.56 bits per heavy atom. The SMILES string of the molecule is C=C(C)N(/C=C\CC)[C@@H]1C[C@H](CCC)CC1(C)C. The van der Waals surface area contributed by atoms with Gasteiger partial charge < -0.3 is 4.90 Å². The number of nitrogens with zero attached hydrogens (tertiary/aromatic N) is 1. The average molecular weight is 249 g/mol. The third-order valence-corrected chi connectivity index (χ3v) is 4.25. The summed E-state index contributed by atoms with van der Waals surface area (Å²) in [6.45, 7) is 15.6. The van der Waals surface area contributed by atoms with E-state index in [9.17, 15) is 0 Å². The van der Waals surface area contributed by atoms with E-state index < -0.39 is 0 Å². The molecule has 0 saturated heterocycles. The summed E-state index contributed by atoms with van der Waals surface area (Å²) in [6.07, 6.45) is 11.0. The lowest BCUT2D eigenvalue weighted by Crippen LogP contribution is -2.37. The van der Waals surface area contributed by atoms with Crippen molar-refractivity contribution in [2.45, 2.75) is 72.8 Å². The Bertz CT molecular complexity index is 301. The zero-order valence-corrected chi connectivity index (χ0v) is 13.0. The van der Waals surface area contributed by atoms with Crippen molar-refractivity contribution in [3.8, 4) is 0 Å². The molecule has 0 aliphatic heterocycles. The fraction of sp³-hybridized carbons (Fsp3) is 0.765. The maximum Gasteiger partial charge on any atom is 0.0386 e. The molecule has 0 heterocycles. The van der Waals surface area contributed by atoms with Crippen molar-refractivity contribution in [3.05, 3.63) is 24.6 Å². The average Bonchev–Trinajstić information content (AvgIpc) is 2.55. The Kier molecular flexibility index (Phi) is 5.49. The second kappa shape index (κ2) is 6.45. The molecule has 0 amide bonds. The first-order valence-electron chi connectivity index (χ1n) is 7.52. The summed E-state index contributed by atoms with van der Waals surface area (Å²) in [4.78, 5) is 2.42. The van der Waals surface area contributed by atoms with Crippen molar-refractivity contribution in [2.75, 3.05) is 0 Å². The molecule has 104 valence electrons. The largest absolute Gasteiger partial charge is 0.349 e. The monoisotopic (exact) mass is 249 g/mol. The third-order valence-electron chi connectivity index (χ3n) is 4.25. The summed E-state index contributed by atoms with van der Waals surface area (Å²) < 4.78 is 0. The van der Waals surface area contributed by atoms with E-state index in [2.05, 4.69) is 58.4 Å². The fourth-order valence-electron chi connectivity index (χ4n) is 3.43. The van der Waals surface area contributed by atoms with Crippen molar-refractivity contribution < 1.29 is 0 Å². The van der Waals surface area contributed by atoms with Gasteiger partial charge in [-0.05, 0) is 37.5 Å². The van der Waals surface area contributed by atoms with Crippen LogP contribution in [0.15, 0.2) is 24.6 Å². The molecule has 0 N–H and O–H groups in total. The molecule has 1 aliphatic carbocycles. The zero-order valence-electron chi connectivity index (χ0n) is 13.0. The maximum absolute atomic E-state index is 4.16. The number of allylic oxidation sites excluding steroid dienone is 2. The second-order valence-corrected chi connectivity index (χ2v) is 6.53. The summed E-state index contributed by atoms with van der Waals surface area (Å²) in [5.41, 5.74) is 1.58. The van der Waals surface area contributed by atoms with Gasteiger partial charge in [0.1, 0.15) is 0 Å². The Morgan fingerprint density at radius 1 is 1.39 bits per heavy atom. The van der Waals surface area contributed by atoms with Gasteiger partial charge in [0.25, 0.3) is 0 Å². The first-order valence-corrected chi connectivity index (χ1v) is 7.52. The molecule has 1 saturated carbocycles. The fourth-order valence-corrected chi connectivity index (χ4v) is 3.43. The summed E-state index contributed by atoms with van der Waals surface area (Å²) in [6, 6.07) is 0.620. The van der Waals surface area contributed by atoms with Gasteiger partial charge in [-0.15, -0.1) is 0 Å². The third kappa shape index (κ3) is 3.63. The van der Waals surface area contributed by atoms with Gasteiger partial charge in [0.05, 0.1) is 0 Å². The van der Waals surface area contributed by atoms with Crippen LogP contribution in [0.3, 0.4) is 0 Å². The first kappa shape index (κ1) is 15.3. The van der Waals surface area contributed by atoms with Gasteiger partial charge in [-0.25, -0.2) is 0 Å². The summed E-state index contributed by atoms with van der Waals surface area (Å²) in [5.74, 6) is 0.895. The van der Waals surface area contributed by atoms with E-state index in [-0.39, 0.29) is 0 Å². The van der Waals surface area contributed by atoms with Crippen LogP contribution in [0.1, 0.15) is 66.7 Å². The number of hydrogen-bond donors (Lipinski definition) is 0. The van der Waals surface area contributed by atoms with E-state index in [4.69, 9.17) is 0 Å². The summed E-state index contributed by atoms with van der Waals surface area (Å²) >= 11 is 0. The van der Waals surface area contributed by atoms with Crippen molar-refractivity contribution in [3.63, 3.8) is 0 Å². The molecular formula is C17H31N. The minimum absolute atomic E-state index is 0.400. The highest BCUT2D eigenvalue weighted by atomic mass is 15.2. The van der Waals surface area contributed by atoms with E-state index in [1.165, 1.54) is 31.4 Å². The van der Waals surface area contributed by atoms with Crippen LogP contribution < -0.4 is 0 Å². The normalized spacial score (nSPS) is 26.7. The smallest absolute Gasteiger partial charge is 0.0386 e. The van der Waals surface area contributed by atoms with E-state index in [1.807, 2.05) is 0 Å². The lowest BCUT2D eigenvalue weighted by Gasteiger charge is -2.37. The molecule has 1 fully saturated rings. The molecule has 1 nitrogen and oxygen atoms in total. The minimum Gasteiger partial charge on any atom is -0.349 e. The zero-order chi connectivity index (χ0) is 13.8. The van der Waals surface area contributed by atoms with Crippen LogP contribution in [-0.4, -0.2) is 10.9 Å². The molecule has 18 heavy (non-hydrogen) atoms. The van der Waals surface area contributed by atoms with E-state index in [0.717, 1.165) is 12.3 Å². The van der Waals surface area contributed by atoms with E-state index in [0.29, 0.717) is 11.5 Å². The van der Waals surface area contributed by atoms with Crippen LogP contribution >= 0.6 is 0 Å². The van der Waals surface area contributed by atoms with Gasteiger partial charge in [-0.3, -0.25) is 0 Å². The van der Waals surface area contributed by atoms with Gasteiger partial charge in [0.15, 0.2) is 0 Å². The molecular weight excluding hydrogens is 218 g/mol. The first-order chi connectivity index (χ1) is 8.42. The molecule has 2 atom stereocenters. The summed E-state index contributed by atoms with van der Waals surface area (Å²) in [5, 5.41) is 0. The van der Waals surface area contributed by atoms with Crippen LogP contribution in [0.25, 0.3) is 0 Å². The number of hydrogen-bond acceptors (Lipinski definition) is 1. The molecule has 1 aliphatic rings. The number of rotatable bonds is 6. The topological polar surface area (TPSA) is 3.24 Å². The van der Waals surface area contributed by atoms with Crippen molar-refractivity contribution >= 4 is 0 Å². The molecule has 0 aromatic heterocycles. The van der Waals surface area contributed by atoms with E-state index in [1.54, 1.807) is 0 Å². The van der Waals surface area contributed by atoms with Gasteiger partial charge in [0.2, 0.25) is 0 Å². The molecule has 1 heteroatoms. The lowest BCUT2D eigenvalue weighted by atomic mass is 9.85. The Labute approximate surface area is 114 Å². The summed E-state index contributed by atoms with van der Waals surface area (Å²) in [7, 11) is 0. The van der Waals surface area contributed by atoms with Gasteiger partial charge in [-0.1, -0.05) is 53.2 Å². The maximum atomic E-state index is 4.16. The molecule has 0 aromatic carbocycles. The van der Waals surface area contributed by atoms with Crippen LogP contribution in [0.4, 0.5) is 0 Å². The lowest BCUT2D eigenvalue weighted by molar-refractivity contribution is 0.195. The predicted molar refractivity (Wildman–Crippen MR) is 81.3 cm³/mol. The van der Waals surface area contributed by atoms with Gasteiger partial charge in [0, 0.05) is 17.9 Å². The Morgan fingerprint density at radius 2 is 2.06 bits per heavy atom. The molecule has 0 bridgehead atoms. The second-order valence-electron chi connectivity index (χ2n) is 6.53. The highest BCUT2D eigenvalue weighted by Crippen LogP contribution is 2.46. The quantitative estimate of drug-likeness (QED) is 0.613. The van der Waals surface area contributed by atoms with E-state index >= 15 is 0 Å². The van der Waals surface area contributed by atoms with Gasteiger partial charge >= 0.3 is 0 Å².